The van der Waals surface area contributed by atoms with Crippen molar-refractivity contribution in [3.63, 3.8) is 0 Å². The number of ether oxygens (including phenoxy) is 2. The quantitative estimate of drug-likeness (QED) is 0.815. The first kappa shape index (κ1) is 19.1. The number of hydrogen-bond donors (Lipinski definition) is 1. The first-order valence-corrected chi connectivity index (χ1v) is 8.34. The molecule has 22 heavy (non-hydrogen) atoms. The molecule has 2 rings (SSSR count). The van der Waals surface area contributed by atoms with Crippen molar-refractivity contribution in [2.75, 3.05) is 13.2 Å². The second kappa shape index (κ2) is 9.96. The van der Waals surface area contributed by atoms with Crippen LogP contribution in [0.5, 0.6) is 11.5 Å². The second-order valence-corrected chi connectivity index (χ2v) is 5.98. The van der Waals surface area contributed by atoms with E-state index in [1.165, 1.54) is 31.2 Å². The van der Waals surface area contributed by atoms with Crippen molar-refractivity contribution in [2.24, 2.45) is 5.92 Å². The zero-order valence-corrected chi connectivity index (χ0v) is 14.8. The molecule has 1 aromatic carbocycles. The summed E-state index contributed by atoms with van der Waals surface area (Å²) in [5, 5.41) is 3.68. The topological polar surface area (TPSA) is 30.5 Å². The smallest absolute Gasteiger partial charge is 0.161 e. The third-order valence-electron chi connectivity index (χ3n) is 4.22. The Morgan fingerprint density at radius 2 is 1.64 bits per heavy atom. The minimum absolute atomic E-state index is 0. The number of rotatable bonds is 7. The molecule has 0 aliphatic heterocycles. The molecule has 0 amide bonds. The zero-order chi connectivity index (χ0) is 15.1. The van der Waals surface area contributed by atoms with E-state index in [1.807, 2.05) is 19.9 Å². The lowest BCUT2D eigenvalue weighted by atomic mass is 9.87. The van der Waals surface area contributed by atoms with Crippen LogP contribution in [0.4, 0.5) is 0 Å². The lowest BCUT2D eigenvalue weighted by Gasteiger charge is -2.27. The van der Waals surface area contributed by atoms with Crippen molar-refractivity contribution in [3.05, 3.63) is 23.8 Å². The molecule has 0 bridgehead atoms. The lowest BCUT2D eigenvalue weighted by Crippen LogP contribution is -3.00. The fourth-order valence-electron chi connectivity index (χ4n) is 2.93. The maximum Gasteiger partial charge on any atom is 0.161 e. The van der Waals surface area contributed by atoms with Gasteiger partial charge in [0.2, 0.25) is 0 Å². The van der Waals surface area contributed by atoms with Gasteiger partial charge >= 0.3 is 0 Å². The van der Waals surface area contributed by atoms with E-state index >= 15 is 0 Å². The van der Waals surface area contributed by atoms with Crippen molar-refractivity contribution in [1.29, 1.82) is 0 Å². The fraction of sp³-hybridized carbons (Fsp3) is 0.667. The highest BCUT2D eigenvalue weighted by Gasteiger charge is 2.17. The number of hydrogen-bond acceptors (Lipinski definition) is 3. The molecular weight excluding hydrogens is 298 g/mol. The highest BCUT2D eigenvalue weighted by Crippen LogP contribution is 2.29. The Kier molecular flexibility index (Phi) is 8.66. The van der Waals surface area contributed by atoms with Crippen LogP contribution in [-0.4, -0.2) is 19.3 Å². The maximum atomic E-state index is 5.68. The molecule has 3 nitrogen and oxygen atoms in total. The molecule has 0 radical (unpaired) electrons. The zero-order valence-electron chi connectivity index (χ0n) is 14.0. The SMILES string of the molecule is CCOc1ccc(CNC2CCC(C)CC2)cc1OCC.[Cl-]. The van der Waals surface area contributed by atoms with Gasteiger partial charge in [0, 0.05) is 12.6 Å². The van der Waals surface area contributed by atoms with E-state index in [-0.39, 0.29) is 12.4 Å². The van der Waals surface area contributed by atoms with Gasteiger partial charge in [0.15, 0.2) is 11.5 Å². The van der Waals surface area contributed by atoms with Gasteiger partial charge in [0.1, 0.15) is 0 Å². The summed E-state index contributed by atoms with van der Waals surface area (Å²) in [6.07, 6.45) is 5.31. The Labute approximate surface area is 141 Å². The molecule has 0 unspecified atom stereocenters. The van der Waals surface area contributed by atoms with E-state index in [0.717, 1.165) is 24.0 Å². The van der Waals surface area contributed by atoms with Crippen molar-refractivity contribution < 1.29 is 21.9 Å². The fourth-order valence-corrected chi connectivity index (χ4v) is 2.93. The molecule has 126 valence electrons. The second-order valence-electron chi connectivity index (χ2n) is 5.98. The summed E-state index contributed by atoms with van der Waals surface area (Å²) in [6.45, 7) is 8.59. The molecule has 1 N–H and O–H groups in total. The van der Waals surface area contributed by atoms with Crippen LogP contribution in [-0.2, 0) is 6.54 Å². The summed E-state index contributed by atoms with van der Waals surface area (Å²) < 4.78 is 11.3. The van der Waals surface area contributed by atoms with Gasteiger partial charge < -0.3 is 27.2 Å². The minimum Gasteiger partial charge on any atom is -1.00 e. The summed E-state index contributed by atoms with van der Waals surface area (Å²) in [7, 11) is 0. The van der Waals surface area contributed by atoms with Crippen molar-refractivity contribution in [1.82, 2.24) is 5.32 Å². The maximum absolute atomic E-state index is 5.68. The highest BCUT2D eigenvalue weighted by molar-refractivity contribution is 5.43. The summed E-state index contributed by atoms with van der Waals surface area (Å²) >= 11 is 0. The third-order valence-corrected chi connectivity index (χ3v) is 4.22. The highest BCUT2D eigenvalue weighted by atomic mass is 35.5. The van der Waals surface area contributed by atoms with Crippen LogP contribution < -0.4 is 27.2 Å². The Morgan fingerprint density at radius 3 is 2.27 bits per heavy atom. The molecule has 1 aliphatic carbocycles. The molecule has 1 aliphatic rings. The van der Waals surface area contributed by atoms with Gasteiger partial charge in [-0.05, 0) is 63.1 Å². The first-order chi connectivity index (χ1) is 10.2. The number of nitrogens with one attached hydrogen (secondary N) is 1. The Morgan fingerprint density at radius 1 is 1.00 bits per heavy atom. The van der Waals surface area contributed by atoms with E-state index in [2.05, 4.69) is 24.4 Å². The summed E-state index contributed by atoms with van der Waals surface area (Å²) in [4.78, 5) is 0. The normalized spacial score (nSPS) is 21.0. The average Bonchev–Trinajstić information content (AvgIpc) is 2.49. The van der Waals surface area contributed by atoms with Crippen LogP contribution in [0.2, 0.25) is 0 Å². The van der Waals surface area contributed by atoms with Crippen LogP contribution in [0.15, 0.2) is 18.2 Å². The van der Waals surface area contributed by atoms with Crippen molar-refractivity contribution >= 4 is 0 Å². The average molecular weight is 327 g/mol. The van der Waals surface area contributed by atoms with E-state index in [4.69, 9.17) is 9.47 Å². The molecule has 0 saturated heterocycles. The van der Waals surface area contributed by atoms with Gasteiger partial charge in [-0.15, -0.1) is 0 Å². The van der Waals surface area contributed by atoms with Crippen LogP contribution >= 0.6 is 0 Å². The summed E-state index contributed by atoms with van der Waals surface area (Å²) in [6, 6.07) is 6.93. The predicted molar refractivity (Wildman–Crippen MR) is 87.0 cm³/mol. The summed E-state index contributed by atoms with van der Waals surface area (Å²) in [5.74, 6) is 2.60. The van der Waals surface area contributed by atoms with E-state index < -0.39 is 0 Å². The number of benzene rings is 1. The molecule has 1 saturated carbocycles. The first-order valence-electron chi connectivity index (χ1n) is 8.34. The lowest BCUT2D eigenvalue weighted by molar-refractivity contribution is -0.00000553. The van der Waals surface area contributed by atoms with Crippen LogP contribution in [0, 0.1) is 5.92 Å². The predicted octanol–water partition coefficient (Wildman–Crippen LogP) is 1.16. The molecule has 0 atom stereocenters. The number of halogens is 1. The summed E-state index contributed by atoms with van der Waals surface area (Å²) in [5.41, 5.74) is 1.26. The minimum atomic E-state index is 0. The molecule has 0 spiro atoms. The van der Waals surface area contributed by atoms with E-state index in [9.17, 15) is 0 Å². The van der Waals surface area contributed by atoms with Crippen molar-refractivity contribution in [3.8, 4) is 11.5 Å². The molecule has 1 fully saturated rings. The molecule has 1 aromatic rings. The molecular formula is C18H29ClNO2-. The Balaban J connectivity index is 0.00000242. The van der Waals surface area contributed by atoms with Gasteiger partial charge in [-0.1, -0.05) is 13.0 Å². The van der Waals surface area contributed by atoms with Gasteiger partial charge in [0.25, 0.3) is 0 Å². The monoisotopic (exact) mass is 326 g/mol. The Bertz CT molecular complexity index is 431. The standard InChI is InChI=1S/C18H29NO2.ClH/c1-4-20-17-11-8-15(12-18(17)21-5-2)13-19-16-9-6-14(3)7-10-16;/h8,11-12,14,16,19H,4-7,9-10,13H2,1-3H3;1H/p-1. The molecule has 0 aromatic heterocycles. The van der Waals surface area contributed by atoms with Crippen molar-refractivity contribution in [2.45, 2.75) is 59.0 Å². The largest absolute Gasteiger partial charge is 1.00 e. The van der Waals surface area contributed by atoms with Gasteiger partial charge in [0.05, 0.1) is 13.2 Å². The van der Waals surface area contributed by atoms with Gasteiger partial charge in [-0.2, -0.15) is 0 Å². The van der Waals surface area contributed by atoms with E-state index in [1.54, 1.807) is 0 Å². The Hall–Kier alpha value is -0.930. The molecule has 4 heteroatoms. The molecule has 0 heterocycles. The van der Waals surface area contributed by atoms with E-state index in [0.29, 0.717) is 19.3 Å². The van der Waals surface area contributed by atoms with Gasteiger partial charge in [-0.3, -0.25) is 0 Å². The van der Waals surface area contributed by atoms with Crippen LogP contribution in [0.25, 0.3) is 0 Å². The third kappa shape index (κ3) is 5.69. The van der Waals surface area contributed by atoms with Crippen LogP contribution in [0.1, 0.15) is 52.0 Å². The van der Waals surface area contributed by atoms with Crippen LogP contribution in [0.3, 0.4) is 0 Å². The van der Waals surface area contributed by atoms with Gasteiger partial charge in [-0.25, -0.2) is 0 Å².